The number of nitro groups is 1. The molecule has 0 aliphatic carbocycles. The summed E-state index contributed by atoms with van der Waals surface area (Å²) in [6.07, 6.45) is 1.76. The van der Waals surface area contributed by atoms with Gasteiger partial charge in [-0.3, -0.25) is 10.1 Å². The van der Waals surface area contributed by atoms with Crippen molar-refractivity contribution in [2.75, 3.05) is 0 Å². The third kappa shape index (κ3) is 3.20. The average Bonchev–Trinajstić information content (AvgIpc) is 3.33. The average molecular weight is 347 g/mol. The van der Waals surface area contributed by atoms with Gasteiger partial charge in [-0.2, -0.15) is 0 Å². The predicted molar refractivity (Wildman–Crippen MR) is 93.2 cm³/mol. The molecule has 0 spiro atoms. The second-order valence-electron chi connectivity index (χ2n) is 5.65. The van der Waals surface area contributed by atoms with Crippen molar-refractivity contribution >= 4 is 5.69 Å². The van der Waals surface area contributed by atoms with E-state index in [0.717, 1.165) is 16.8 Å². The summed E-state index contributed by atoms with van der Waals surface area (Å²) >= 11 is 0. The quantitative estimate of drug-likeness (QED) is 0.404. The van der Waals surface area contributed by atoms with Crippen molar-refractivity contribution in [3.63, 3.8) is 0 Å². The summed E-state index contributed by atoms with van der Waals surface area (Å²) < 4.78 is 7.00. The van der Waals surface area contributed by atoms with Crippen LogP contribution >= 0.6 is 0 Å². The first-order valence-electron chi connectivity index (χ1n) is 7.85. The molecule has 2 aromatic carbocycles. The Bertz CT molecular complexity index is 1040. The van der Waals surface area contributed by atoms with Crippen molar-refractivity contribution in [1.29, 1.82) is 0 Å². The summed E-state index contributed by atoms with van der Waals surface area (Å²) in [5, 5.41) is 23.0. The van der Waals surface area contributed by atoms with Gasteiger partial charge in [0, 0.05) is 29.3 Å². The fraction of sp³-hybridized carbons (Fsp3) is 0.0556. The highest BCUT2D eigenvalue weighted by Gasteiger charge is 2.11. The van der Waals surface area contributed by atoms with Gasteiger partial charge in [-0.25, -0.2) is 4.68 Å². The highest BCUT2D eigenvalue weighted by atomic mass is 16.6. The molecule has 0 atom stereocenters. The molecule has 4 rings (SSSR count). The zero-order valence-electron chi connectivity index (χ0n) is 13.5. The Labute approximate surface area is 147 Å². The second-order valence-corrected chi connectivity index (χ2v) is 5.65. The summed E-state index contributed by atoms with van der Waals surface area (Å²) in [5.41, 5.74) is 3.16. The summed E-state index contributed by atoms with van der Waals surface area (Å²) in [7, 11) is 0. The molecule has 0 unspecified atom stereocenters. The highest BCUT2D eigenvalue weighted by Crippen LogP contribution is 2.21. The van der Waals surface area contributed by atoms with E-state index in [-0.39, 0.29) is 5.69 Å². The Morgan fingerprint density at radius 1 is 1.00 bits per heavy atom. The maximum Gasteiger partial charge on any atom is 0.269 e. The SMILES string of the molecule is O=[N+]([O-])c1ccc(-c2cn(Cc3cc(-c4ccccc4)no3)nn2)cc1. The van der Waals surface area contributed by atoms with Crippen LogP contribution in [-0.4, -0.2) is 25.1 Å². The topological polar surface area (TPSA) is 99.9 Å². The summed E-state index contributed by atoms with van der Waals surface area (Å²) in [5.74, 6) is 0.656. The molecule has 0 N–H and O–H groups in total. The molecule has 8 heteroatoms. The van der Waals surface area contributed by atoms with Crippen LogP contribution in [0.25, 0.3) is 22.5 Å². The largest absolute Gasteiger partial charge is 0.359 e. The third-order valence-corrected chi connectivity index (χ3v) is 3.86. The van der Waals surface area contributed by atoms with Crippen LogP contribution in [0, 0.1) is 10.1 Å². The van der Waals surface area contributed by atoms with Gasteiger partial charge in [-0.1, -0.05) is 40.7 Å². The number of aromatic nitrogens is 4. The number of hydrogen-bond donors (Lipinski definition) is 0. The maximum absolute atomic E-state index is 10.7. The lowest BCUT2D eigenvalue weighted by Crippen LogP contribution is -1.98. The molecule has 128 valence electrons. The summed E-state index contributed by atoms with van der Waals surface area (Å²) in [6, 6.07) is 17.8. The fourth-order valence-corrected chi connectivity index (χ4v) is 2.55. The number of nitrogens with zero attached hydrogens (tertiary/aromatic N) is 5. The van der Waals surface area contributed by atoms with Crippen LogP contribution in [0.1, 0.15) is 5.76 Å². The molecule has 26 heavy (non-hydrogen) atoms. The first kappa shape index (κ1) is 15.7. The maximum atomic E-state index is 10.7. The number of benzene rings is 2. The molecule has 0 bridgehead atoms. The lowest BCUT2D eigenvalue weighted by atomic mass is 10.1. The Morgan fingerprint density at radius 3 is 2.46 bits per heavy atom. The molecule has 4 aromatic rings. The van der Waals surface area contributed by atoms with E-state index >= 15 is 0 Å². The zero-order valence-corrected chi connectivity index (χ0v) is 13.5. The van der Waals surface area contributed by atoms with Gasteiger partial charge in [0.05, 0.1) is 11.1 Å². The Hall–Kier alpha value is -3.81. The third-order valence-electron chi connectivity index (χ3n) is 3.86. The van der Waals surface area contributed by atoms with E-state index in [1.165, 1.54) is 12.1 Å². The molecule has 2 heterocycles. The molecule has 0 fully saturated rings. The molecule has 0 amide bonds. The van der Waals surface area contributed by atoms with Crippen LogP contribution in [0.2, 0.25) is 0 Å². The Morgan fingerprint density at radius 2 is 1.73 bits per heavy atom. The van der Waals surface area contributed by atoms with Gasteiger partial charge in [-0.05, 0) is 12.1 Å². The molecule has 2 aromatic heterocycles. The lowest BCUT2D eigenvalue weighted by Gasteiger charge is -1.96. The van der Waals surface area contributed by atoms with Crippen LogP contribution in [0.15, 0.2) is 71.4 Å². The van der Waals surface area contributed by atoms with Crippen molar-refractivity contribution < 1.29 is 9.45 Å². The van der Waals surface area contributed by atoms with E-state index < -0.39 is 4.92 Å². The number of hydrogen-bond acceptors (Lipinski definition) is 6. The van der Waals surface area contributed by atoms with E-state index in [1.807, 2.05) is 36.4 Å². The predicted octanol–water partition coefficient (Wildman–Crippen LogP) is 3.56. The number of rotatable bonds is 5. The molecule has 0 saturated carbocycles. The van der Waals surface area contributed by atoms with Gasteiger partial charge in [0.25, 0.3) is 5.69 Å². The van der Waals surface area contributed by atoms with Crippen molar-refractivity contribution in [3.8, 4) is 22.5 Å². The van der Waals surface area contributed by atoms with Crippen LogP contribution in [0.5, 0.6) is 0 Å². The van der Waals surface area contributed by atoms with Gasteiger partial charge in [0.15, 0.2) is 5.76 Å². The van der Waals surface area contributed by atoms with Crippen LogP contribution in [0.3, 0.4) is 0 Å². The molecule has 0 aliphatic rings. The van der Waals surface area contributed by atoms with E-state index in [2.05, 4.69) is 15.5 Å². The molecule has 0 radical (unpaired) electrons. The van der Waals surface area contributed by atoms with Crippen molar-refractivity contribution in [1.82, 2.24) is 20.2 Å². The molecule has 0 aliphatic heterocycles. The van der Waals surface area contributed by atoms with Crippen molar-refractivity contribution in [3.05, 3.63) is 82.7 Å². The Kier molecular flexibility index (Phi) is 3.98. The minimum Gasteiger partial charge on any atom is -0.359 e. The van der Waals surface area contributed by atoms with Gasteiger partial charge in [0.1, 0.15) is 17.9 Å². The first-order valence-corrected chi connectivity index (χ1v) is 7.85. The van der Waals surface area contributed by atoms with Crippen molar-refractivity contribution in [2.45, 2.75) is 6.54 Å². The molecular formula is C18H13N5O3. The van der Waals surface area contributed by atoms with Crippen LogP contribution in [0.4, 0.5) is 5.69 Å². The summed E-state index contributed by atoms with van der Waals surface area (Å²) in [4.78, 5) is 10.3. The molecule has 0 saturated heterocycles. The molecular weight excluding hydrogens is 334 g/mol. The highest BCUT2D eigenvalue weighted by molar-refractivity contribution is 5.60. The first-order chi connectivity index (χ1) is 12.7. The standard InChI is InChI=1S/C18H13N5O3/c24-23(25)15-8-6-14(7-9-15)18-12-22(21-19-18)11-16-10-17(20-26-16)13-4-2-1-3-5-13/h1-10,12H,11H2. The lowest BCUT2D eigenvalue weighted by molar-refractivity contribution is -0.384. The fourth-order valence-electron chi connectivity index (χ4n) is 2.55. The second kappa shape index (κ2) is 6.60. The smallest absolute Gasteiger partial charge is 0.269 e. The summed E-state index contributed by atoms with van der Waals surface area (Å²) in [6.45, 7) is 0.389. The minimum atomic E-state index is -0.436. The Balaban J connectivity index is 1.50. The zero-order chi connectivity index (χ0) is 17.9. The van der Waals surface area contributed by atoms with Crippen molar-refractivity contribution in [2.24, 2.45) is 0 Å². The number of non-ortho nitro benzene ring substituents is 1. The van der Waals surface area contributed by atoms with E-state index in [1.54, 1.807) is 23.0 Å². The van der Waals surface area contributed by atoms with Crippen LogP contribution < -0.4 is 0 Å². The molecule has 8 nitrogen and oxygen atoms in total. The van der Waals surface area contributed by atoms with Gasteiger partial charge >= 0.3 is 0 Å². The van der Waals surface area contributed by atoms with Gasteiger partial charge < -0.3 is 4.52 Å². The van der Waals surface area contributed by atoms with Crippen LogP contribution in [-0.2, 0) is 6.54 Å². The van der Waals surface area contributed by atoms with E-state index in [4.69, 9.17) is 4.52 Å². The van der Waals surface area contributed by atoms with E-state index in [9.17, 15) is 10.1 Å². The normalized spacial score (nSPS) is 10.8. The number of nitro benzene ring substituents is 1. The van der Waals surface area contributed by atoms with E-state index in [0.29, 0.717) is 18.0 Å². The van der Waals surface area contributed by atoms with Gasteiger partial charge in [0.2, 0.25) is 0 Å². The van der Waals surface area contributed by atoms with Gasteiger partial charge in [-0.15, -0.1) is 5.10 Å². The monoisotopic (exact) mass is 347 g/mol. The minimum absolute atomic E-state index is 0.0382.